The molecule has 3 heteroatoms. The number of nitrogens with zero attached hydrogens (tertiary/aromatic N) is 1. The van der Waals surface area contributed by atoms with Crippen molar-refractivity contribution in [1.82, 2.24) is 10.4 Å². The summed E-state index contributed by atoms with van der Waals surface area (Å²) in [5, 5.41) is 2.41. The van der Waals surface area contributed by atoms with Crippen LogP contribution < -0.4 is 5.43 Å². The van der Waals surface area contributed by atoms with Gasteiger partial charge in [0.15, 0.2) is 0 Å². The molecule has 3 heterocycles. The molecule has 0 aromatic carbocycles. The maximum Gasteiger partial charge on any atom is 0.0812 e. The molecule has 0 aliphatic carbocycles. The molecule has 0 amide bonds. The quantitative estimate of drug-likeness (QED) is 0.686. The predicted molar refractivity (Wildman–Crippen MR) is 59.2 cm³/mol. The van der Waals surface area contributed by atoms with Crippen LogP contribution in [0.25, 0.3) is 0 Å². The first-order valence-corrected chi connectivity index (χ1v) is 6.00. The highest BCUT2D eigenvalue weighted by atomic mass is 16.5. The zero-order valence-corrected chi connectivity index (χ0v) is 9.68. The zero-order chi connectivity index (χ0) is 10.6. The third kappa shape index (κ3) is 1.23. The van der Waals surface area contributed by atoms with Crippen LogP contribution in [-0.2, 0) is 4.74 Å². The van der Waals surface area contributed by atoms with Crippen molar-refractivity contribution in [2.24, 2.45) is 17.8 Å². The van der Waals surface area contributed by atoms with Crippen molar-refractivity contribution in [2.45, 2.75) is 32.1 Å². The van der Waals surface area contributed by atoms with Crippen LogP contribution in [-0.4, -0.2) is 36.9 Å². The summed E-state index contributed by atoms with van der Waals surface area (Å²) >= 11 is 0. The van der Waals surface area contributed by atoms with Gasteiger partial charge in [0.05, 0.1) is 12.2 Å². The Morgan fingerprint density at radius 1 is 1.33 bits per heavy atom. The minimum Gasteiger partial charge on any atom is -0.366 e. The van der Waals surface area contributed by atoms with E-state index in [2.05, 4.69) is 36.4 Å². The van der Waals surface area contributed by atoms with Crippen LogP contribution in [0.3, 0.4) is 0 Å². The van der Waals surface area contributed by atoms with Crippen molar-refractivity contribution < 1.29 is 4.74 Å². The van der Waals surface area contributed by atoms with E-state index in [1.54, 1.807) is 0 Å². The lowest BCUT2D eigenvalue weighted by Crippen LogP contribution is -2.46. The number of nitrogens with one attached hydrogen (secondary N) is 1. The number of ether oxygens (including phenoxy) is 1. The van der Waals surface area contributed by atoms with Crippen LogP contribution in [0.15, 0.2) is 12.2 Å². The summed E-state index contributed by atoms with van der Waals surface area (Å²) < 4.78 is 5.95. The molecule has 15 heavy (non-hydrogen) atoms. The fourth-order valence-corrected chi connectivity index (χ4v) is 3.69. The molecular weight excluding hydrogens is 188 g/mol. The topological polar surface area (TPSA) is 24.5 Å². The van der Waals surface area contributed by atoms with Gasteiger partial charge in [-0.1, -0.05) is 26.0 Å². The maximum atomic E-state index is 5.95. The third-order valence-electron chi connectivity index (χ3n) is 4.23. The van der Waals surface area contributed by atoms with E-state index in [1.165, 1.54) is 0 Å². The monoisotopic (exact) mass is 208 g/mol. The van der Waals surface area contributed by atoms with E-state index in [0.717, 1.165) is 6.54 Å². The van der Waals surface area contributed by atoms with E-state index >= 15 is 0 Å². The van der Waals surface area contributed by atoms with Crippen LogP contribution in [0.1, 0.15) is 13.8 Å². The summed E-state index contributed by atoms with van der Waals surface area (Å²) in [4.78, 5) is 0. The Balaban J connectivity index is 1.89. The summed E-state index contributed by atoms with van der Waals surface area (Å²) in [6.07, 6.45) is 5.29. The van der Waals surface area contributed by atoms with Crippen molar-refractivity contribution in [3.05, 3.63) is 12.2 Å². The van der Waals surface area contributed by atoms with Crippen molar-refractivity contribution in [2.75, 3.05) is 13.6 Å². The fraction of sp³-hybridized carbons (Fsp3) is 0.833. The van der Waals surface area contributed by atoms with Gasteiger partial charge in [0.1, 0.15) is 0 Å². The highest BCUT2D eigenvalue weighted by Crippen LogP contribution is 2.47. The normalized spacial score (nSPS) is 48.1. The van der Waals surface area contributed by atoms with Gasteiger partial charge < -0.3 is 4.74 Å². The van der Waals surface area contributed by atoms with E-state index < -0.39 is 0 Å². The van der Waals surface area contributed by atoms with Crippen molar-refractivity contribution >= 4 is 0 Å². The molecule has 84 valence electrons. The van der Waals surface area contributed by atoms with Crippen LogP contribution in [0.5, 0.6) is 0 Å². The van der Waals surface area contributed by atoms with E-state index in [0.29, 0.717) is 36.0 Å². The van der Waals surface area contributed by atoms with Gasteiger partial charge in [-0.15, -0.1) is 0 Å². The first-order valence-electron chi connectivity index (χ1n) is 6.00. The molecular formula is C12H20N2O. The van der Waals surface area contributed by atoms with E-state index in [-0.39, 0.29) is 0 Å². The van der Waals surface area contributed by atoms with Crippen LogP contribution in [0, 0.1) is 17.8 Å². The molecule has 0 radical (unpaired) electrons. The average Bonchev–Trinajstić information content (AvgIpc) is 2.87. The molecule has 3 rings (SSSR count). The van der Waals surface area contributed by atoms with Gasteiger partial charge in [-0.05, 0) is 13.0 Å². The van der Waals surface area contributed by atoms with E-state index in [1.807, 2.05) is 7.05 Å². The van der Waals surface area contributed by atoms with Gasteiger partial charge in [-0.2, -0.15) is 0 Å². The number of hydrazine groups is 1. The maximum absolute atomic E-state index is 5.95. The van der Waals surface area contributed by atoms with Crippen molar-refractivity contribution in [3.8, 4) is 0 Å². The van der Waals surface area contributed by atoms with Gasteiger partial charge in [0, 0.05) is 24.4 Å². The van der Waals surface area contributed by atoms with Crippen molar-refractivity contribution in [1.29, 1.82) is 0 Å². The smallest absolute Gasteiger partial charge is 0.0812 e. The molecule has 0 saturated carbocycles. The highest BCUT2D eigenvalue weighted by molar-refractivity contribution is 5.19. The Hall–Kier alpha value is -0.380. The second-order valence-electron chi connectivity index (χ2n) is 5.30. The number of rotatable bonds is 2. The number of fused-ring (bicyclic) bond motifs is 5. The molecule has 1 N–H and O–H groups in total. The van der Waals surface area contributed by atoms with Crippen LogP contribution >= 0.6 is 0 Å². The second-order valence-corrected chi connectivity index (χ2v) is 5.30. The lowest BCUT2D eigenvalue weighted by molar-refractivity contribution is 0.0448. The van der Waals surface area contributed by atoms with Gasteiger partial charge >= 0.3 is 0 Å². The molecule has 0 spiro atoms. The van der Waals surface area contributed by atoms with Gasteiger partial charge in [-0.25, -0.2) is 5.01 Å². The second kappa shape index (κ2) is 3.30. The van der Waals surface area contributed by atoms with Gasteiger partial charge in [-0.3, -0.25) is 5.43 Å². The molecule has 5 atom stereocenters. The minimum atomic E-state index is 0.380. The van der Waals surface area contributed by atoms with E-state index in [4.69, 9.17) is 4.74 Å². The molecule has 2 bridgehead atoms. The Kier molecular flexibility index (Phi) is 2.16. The molecule has 5 unspecified atom stereocenters. The number of hydrogen-bond donors (Lipinski definition) is 1. The molecule has 0 aromatic rings. The van der Waals surface area contributed by atoms with Gasteiger partial charge in [0.25, 0.3) is 0 Å². The Morgan fingerprint density at radius 2 is 2.07 bits per heavy atom. The first-order chi connectivity index (χ1) is 7.22. The summed E-state index contributed by atoms with van der Waals surface area (Å²) in [6.45, 7) is 5.76. The molecule has 2 saturated heterocycles. The lowest BCUT2D eigenvalue weighted by atomic mass is 9.79. The largest absolute Gasteiger partial charge is 0.366 e. The third-order valence-corrected chi connectivity index (χ3v) is 4.23. The first kappa shape index (κ1) is 9.82. The molecule has 3 aliphatic heterocycles. The average molecular weight is 208 g/mol. The predicted octanol–water partition coefficient (Wildman–Crippen LogP) is 1.03. The van der Waals surface area contributed by atoms with Crippen molar-refractivity contribution in [3.63, 3.8) is 0 Å². The molecule has 3 nitrogen and oxygen atoms in total. The minimum absolute atomic E-state index is 0.380. The Labute approximate surface area is 91.4 Å². The summed E-state index contributed by atoms with van der Waals surface area (Å²) in [6, 6.07) is 0.625. The molecule has 3 aliphatic rings. The molecule has 2 fully saturated rings. The molecule has 0 aromatic heterocycles. The Bertz CT molecular complexity index is 289. The van der Waals surface area contributed by atoms with Crippen LogP contribution in [0.4, 0.5) is 0 Å². The fourth-order valence-electron chi connectivity index (χ4n) is 3.69. The SMILES string of the molecule is CNN1CC2C3C=CC(O3)C2C1C(C)C. The van der Waals surface area contributed by atoms with Gasteiger partial charge in [0.2, 0.25) is 0 Å². The summed E-state index contributed by atoms with van der Waals surface area (Å²) in [5.74, 6) is 2.09. The standard InChI is InChI=1S/C12H20N2O/c1-7(2)12-11-8(6-14(12)13-3)9-4-5-10(11)15-9/h4-5,7-13H,6H2,1-3H3. The lowest BCUT2D eigenvalue weighted by Gasteiger charge is -2.31. The highest BCUT2D eigenvalue weighted by Gasteiger charge is 2.55. The summed E-state index contributed by atoms with van der Waals surface area (Å²) in [5.41, 5.74) is 3.34. The number of hydrogen-bond acceptors (Lipinski definition) is 3. The zero-order valence-electron chi connectivity index (χ0n) is 9.68. The Morgan fingerprint density at radius 3 is 2.73 bits per heavy atom. The summed E-state index contributed by atoms with van der Waals surface area (Å²) in [7, 11) is 2.03. The van der Waals surface area contributed by atoms with E-state index in [9.17, 15) is 0 Å². The van der Waals surface area contributed by atoms with Crippen LogP contribution in [0.2, 0.25) is 0 Å².